The van der Waals surface area contributed by atoms with Gasteiger partial charge in [0.25, 0.3) is 0 Å². The summed E-state index contributed by atoms with van der Waals surface area (Å²) >= 11 is 0. The molecule has 1 aliphatic rings. The predicted octanol–water partition coefficient (Wildman–Crippen LogP) is 2.62. The third kappa shape index (κ3) is 3.11. The summed E-state index contributed by atoms with van der Waals surface area (Å²) in [7, 11) is 1.94. The van der Waals surface area contributed by atoms with Gasteiger partial charge in [-0.1, -0.05) is 13.8 Å². The van der Waals surface area contributed by atoms with E-state index < -0.39 is 0 Å². The second kappa shape index (κ2) is 5.69. The number of nitrogens with zero attached hydrogens (tertiary/aromatic N) is 1. The summed E-state index contributed by atoms with van der Waals surface area (Å²) < 4.78 is 5.81. The number of furan rings is 1. The third-order valence-corrected chi connectivity index (χ3v) is 3.61. The first kappa shape index (κ1) is 12.7. The molecule has 1 unspecified atom stereocenters. The van der Waals surface area contributed by atoms with Crippen LogP contribution in [0.5, 0.6) is 0 Å². The van der Waals surface area contributed by atoms with E-state index in [1.165, 1.54) is 19.4 Å². The monoisotopic (exact) mass is 236 g/mol. The van der Waals surface area contributed by atoms with Crippen molar-refractivity contribution in [2.24, 2.45) is 5.92 Å². The minimum atomic E-state index is 0.729. The Morgan fingerprint density at radius 3 is 2.88 bits per heavy atom. The summed E-state index contributed by atoms with van der Waals surface area (Å²) in [6, 6.07) is 4.92. The smallest absolute Gasteiger partial charge is 0.118 e. The fraction of sp³-hybridized carbons (Fsp3) is 0.714. The largest absolute Gasteiger partial charge is 0.463 e. The van der Waals surface area contributed by atoms with Gasteiger partial charge in [-0.25, -0.2) is 0 Å². The van der Waals surface area contributed by atoms with Crippen molar-refractivity contribution >= 4 is 0 Å². The summed E-state index contributed by atoms with van der Waals surface area (Å²) in [5.41, 5.74) is 0. The van der Waals surface area contributed by atoms with Gasteiger partial charge in [0.15, 0.2) is 0 Å². The first-order chi connectivity index (χ1) is 8.20. The summed E-state index contributed by atoms with van der Waals surface area (Å²) in [6.45, 7) is 7.63. The van der Waals surface area contributed by atoms with Crippen LogP contribution < -0.4 is 5.32 Å². The Kier molecular flexibility index (Phi) is 4.24. The Morgan fingerprint density at radius 1 is 1.41 bits per heavy atom. The van der Waals surface area contributed by atoms with Crippen molar-refractivity contribution in [2.75, 3.05) is 13.6 Å². The lowest BCUT2D eigenvalue weighted by Gasteiger charge is -2.26. The Hall–Kier alpha value is -0.800. The second-order valence-electron chi connectivity index (χ2n) is 5.32. The highest BCUT2D eigenvalue weighted by Gasteiger charge is 2.27. The topological polar surface area (TPSA) is 28.4 Å². The molecule has 1 aromatic heterocycles. The highest BCUT2D eigenvalue weighted by atomic mass is 16.3. The lowest BCUT2D eigenvalue weighted by molar-refractivity contribution is 0.184. The molecule has 1 fully saturated rings. The molecule has 0 aliphatic carbocycles. The zero-order valence-electron chi connectivity index (χ0n) is 11.2. The van der Waals surface area contributed by atoms with Crippen LogP contribution in [0.15, 0.2) is 16.5 Å². The van der Waals surface area contributed by atoms with Gasteiger partial charge in [0.05, 0.1) is 13.1 Å². The molecule has 3 heteroatoms. The Balaban J connectivity index is 1.95. The maximum atomic E-state index is 5.81. The molecule has 1 N–H and O–H groups in total. The number of rotatable bonds is 5. The van der Waals surface area contributed by atoms with Crippen LogP contribution in [0, 0.1) is 5.92 Å². The third-order valence-electron chi connectivity index (χ3n) is 3.61. The van der Waals surface area contributed by atoms with Crippen LogP contribution in [-0.4, -0.2) is 24.5 Å². The van der Waals surface area contributed by atoms with Crippen LogP contribution in [0.25, 0.3) is 0 Å². The van der Waals surface area contributed by atoms with E-state index in [0.29, 0.717) is 0 Å². The Morgan fingerprint density at radius 2 is 2.18 bits per heavy atom. The van der Waals surface area contributed by atoms with E-state index in [0.717, 1.165) is 36.6 Å². The van der Waals surface area contributed by atoms with Gasteiger partial charge in [-0.05, 0) is 44.5 Å². The molecule has 1 aromatic rings. The minimum absolute atomic E-state index is 0.729. The van der Waals surface area contributed by atoms with Crippen LogP contribution in [0.1, 0.15) is 38.2 Å². The molecule has 2 rings (SSSR count). The average Bonchev–Trinajstić information content (AvgIpc) is 2.89. The molecule has 96 valence electrons. The molecule has 0 aromatic carbocycles. The molecule has 3 nitrogen and oxygen atoms in total. The van der Waals surface area contributed by atoms with E-state index >= 15 is 0 Å². The summed E-state index contributed by atoms with van der Waals surface area (Å²) in [5, 5.41) is 3.11. The van der Waals surface area contributed by atoms with Gasteiger partial charge in [-0.15, -0.1) is 0 Å². The van der Waals surface area contributed by atoms with Crippen molar-refractivity contribution in [3.8, 4) is 0 Å². The quantitative estimate of drug-likeness (QED) is 0.852. The highest BCUT2D eigenvalue weighted by Crippen LogP contribution is 2.25. The number of likely N-dealkylation sites (tertiary alicyclic amines) is 1. The van der Waals surface area contributed by atoms with Gasteiger partial charge in [-0.2, -0.15) is 0 Å². The van der Waals surface area contributed by atoms with Crippen LogP contribution >= 0.6 is 0 Å². The fourth-order valence-electron chi connectivity index (χ4n) is 2.78. The van der Waals surface area contributed by atoms with E-state index in [4.69, 9.17) is 4.42 Å². The molecule has 1 saturated heterocycles. The molecule has 0 bridgehead atoms. The molecule has 0 radical (unpaired) electrons. The molecule has 0 amide bonds. The van der Waals surface area contributed by atoms with Gasteiger partial charge < -0.3 is 9.73 Å². The highest BCUT2D eigenvalue weighted by molar-refractivity contribution is 5.07. The standard InChI is InChI=1S/C14H24N2O/c1-11(2)14-5-4-8-16(14)10-13-7-6-12(17-13)9-15-3/h6-7,11,14-15H,4-5,8-10H2,1-3H3. The number of hydrogen-bond donors (Lipinski definition) is 1. The number of nitrogens with one attached hydrogen (secondary N) is 1. The van der Waals surface area contributed by atoms with Crippen molar-refractivity contribution in [2.45, 2.75) is 45.8 Å². The second-order valence-corrected chi connectivity index (χ2v) is 5.32. The van der Waals surface area contributed by atoms with Crippen molar-refractivity contribution in [1.82, 2.24) is 10.2 Å². The zero-order chi connectivity index (χ0) is 12.3. The Labute approximate surface area is 104 Å². The van der Waals surface area contributed by atoms with Crippen LogP contribution in [0.4, 0.5) is 0 Å². The maximum Gasteiger partial charge on any atom is 0.118 e. The Bertz CT molecular complexity index is 346. The molecule has 0 spiro atoms. The summed E-state index contributed by atoms with van der Waals surface area (Å²) in [4.78, 5) is 2.56. The van der Waals surface area contributed by atoms with E-state index in [1.54, 1.807) is 0 Å². The average molecular weight is 236 g/mol. The fourth-order valence-corrected chi connectivity index (χ4v) is 2.78. The van der Waals surface area contributed by atoms with Crippen molar-refractivity contribution in [3.63, 3.8) is 0 Å². The van der Waals surface area contributed by atoms with E-state index in [2.05, 4.69) is 36.2 Å². The van der Waals surface area contributed by atoms with Crippen LogP contribution in [0.3, 0.4) is 0 Å². The molecule has 2 heterocycles. The zero-order valence-corrected chi connectivity index (χ0v) is 11.2. The van der Waals surface area contributed by atoms with Gasteiger partial charge in [-0.3, -0.25) is 4.90 Å². The van der Waals surface area contributed by atoms with Crippen molar-refractivity contribution in [1.29, 1.82) is 0 Å². The van der Waals surface area contributed by atoms with E-state index in [-0.39, 0.29) is 0 Å². The van der Waals surface area contributed by atoms with Crippen LogP contribution in [-0.2, 0) is 13.1 Å². The maximum absolute atomic E-state index is 5.81. The first-order valence-corrected chi connectivity index (χ1v) is 6.67. The lowest BCUT2D eigenvalue weighted by Crippen LogP contribution is -2.32. The first-order valence-electron chi connectivity index (χ1n) is 6.67. The van der Waals surface area contributed by atoms with E-state index in [9.17, 15) is 0 Å². The molecule has 1 atom stereocenters. The van der Waals surface area contributed by atoms with Crippen molar-refractivity contribution in [3.05, 3.63) is 23.7 Å². The molecular formula is C14H24N2O. The van der Waals surface area contributed by atoms with Gasteiger partial charge in [0, 0.05) is 6.04 Å². The van der Waals surface area contributed by atoms with Gasteiger partial charge in [0.1, 0.15) is 11.5 Å². The van der Waals surface area contributed by atoms with Gasteiger partial charge >= 0.3 is 0 Å². The normalized spacial score (nSPS) is 21.5. The molecule has 1 aliphatic heterocycles. The minimum Gasteiger partial charge on any atom is -0.463 e. The van der Waals surface area contributed by atoms with Crippen LogP contribution in [0.2, 0.25) is 0 Å². The molecular weight excluding hydrogens is 212 g/mol. The lowest BCUT2D eigenvalue weighted by atomic mass is 10.0. The summed E-state index contributed by atoms with van der Waals surface area (Å²) in [5.74, 6) is 2.87. The SMILES string of the molecule is CNCc1ccc(CN2CCCC2C(C)C)o1. The van der Waals surface area contributed by atoms with E-state index in [1.807, 2.05) is 7.05 Å². The number of hydrogen-bond acceptors (Lipinski definition) is 3. The van der Waals surface area contributed by atoms with Crippen molar-refractivity contribution < 1.29 is 4.42 Å². The summed E-state index contributed by atoms with van der Waals surface area (Å²) in [6.07, 6.45) is 2.66. The molecule has 17 heavy (non-hydrogen) atoms. The van der Waals surface area contributed by atoms with Gasteiger partial charge in [0.2, 0.25) is 0 Å². The molecule has 0 saturated carbocycles. The predicted molar refractivity (Wildman–Crippen MR) is 69.7 cm³/mol.